The third kappa shape index (κ3) is 10.3. The molecule has 1 aromatic carbocycles. The van der Waals surface area contributed by atoms with Crippen LogP contribution in [0, 0.1) is 23.7 Å². The molecule has 42 heavy (non-hydrogen) atoms. The molecule has 2 saturated carbocycles. The van der Waals surface area contributed by atoms with Gasteiger partial charge in [-0.1, -0.05) is 32.1 Å². The lowest BCUT2D eigenvalue weighted by Gasteiger charge is -2.29. The summed E-state index contributed by atoms with van der Waals surface area (Å²) in [5.41, 5.74) is 8.28. The molecule has 4 atom stereocenters. The Morgan fingerprint density at radius 2 is 1.86 bits per heavy atom. The summed E-state index contributed by atoms with van der Waals surface area (Å²) in [5, 5.41) is 17.3. The Labute approximate surface area is 251 Å². The van der Waals surface area contributed by atoms with E-state index in [1.807, 2.05) is 39.0 Å². The molecule has 0 radical (unpaired) electrons. The minimum atomic E-state index is -0.843. The van der Waals surface area contributed by atoms with Gasteiger partial charge in [0.25, 0.3) is 0 Å². The van der Waals surface area contributed by atoms with Crippen molar-refractivity contribution in [2.24, 2.45) is 29.4 Å². The SMILES string of the molecule is C=C(C)[C@@H](Cc1ccc(OC)c(OCCCOC)c1)C[C@H](N)[C@@H](O)C[C@H](C(=O)NCC1(NC(=O)C2CC2)CC1)C(C)C. The molecule has 9 heteroatoms. The third-order valence-corrected chi connectivity index (χ3v) is 8.64. The van der Waals surface area contributed by atoms with Crippen molar-refractivity contribution >= 4 is 11.8 Å². The molecule has 0 bridgehead atoms. The molecule has 0 heterocycles. The Kier molecular flexibility index (Phi) is 12.7. The summed E-state index contributed by atoms with van der Waals surface area (Å²) in [4.78, 5) is 25.4. The maximum atomic E-state index is 13.2. The second kappa shape index (κ2) is 15.7. The largest absolute Gasteiger partial charge is 0.493 e. The smallest absolute Gasteiger partial charge is 0.223 e. The zero-order valence-corrected chi connectivity index (χ0v) is 26.2. The van der Waals surface area contributed by atoms with E-state index in [1.54, 1.807) is 14.2 Å². The van der Waals surface area contributed by atoms with Crippen LogP contribution in [0.5, 0.6) is 11.5 Å². The predicted molar refractivity (Wildman–Crippen MR) is 164 cm³/mol. The van der Waals surface area contributed by atoms with Gasteiger partial charge in [-0.25, -0.2) is 0 Å². The number of carbonyl (C=O) groups excluding carboxylic acids is 2. The van der Waals surface area contributed by atoms with E-state index in [0.717, 1.165) is 43.2 Å². The molecule has 2 amide bonds. The quantitative estimate of drug-likeness (QED) is 0.135. The Morgan fingerprint density at radius 3 is 2.43 bits per heavy atom. The van der Waals surface area contributed by atoms with Gasteiger partial charge in [0.15, 0.2) is 11.5 Å². The number of methoxy groups -OCH3 is 2. The molecule has 1 aromatic rings. The summed E-state index contributed by atoms with van der Waals surface area (Å²) in [6.07, 6.45) is 5.11. The third-order valence-electron chi connectivity index (χ3n) is 8.64. The Hall–Kier alpha value is -2.62. The normalized spacial score (nSPS) is 18.5. The second-order valence-corrected chi connectivity index (χ2v) is 12.7. The van der Waals surface area contributed by atoms with Crippen LogP contribution in [0.25, 0.3) is 0 Å². The minimum Gasteiger partial charge on any atom is -0.493 e. The first kappa shape index (κ1) is 33.9. The molecular formula is C33H53N3O6. The highest BCUT2D eigenvalue weighted by molar-refractivity contribution is 5.82. The molecule has 2 aliphatic carbocycles. The topological polar surface area (TPSA) is 132 Å². The number of aliphatic hydroxyl groups is 1. The van der Waals surface area contributed by atoms with Crippen molar-refractivity contribution in [3.8, 4) is 11.5 Å². The standard InChI is InChI=1S/C33H53N3O6/c1-21(2)25(16-23-8-11-29(41-6)30(17-23)42-15-7-14-40-5)18-27(34)28(37)19-26(22(3)4)32(39)35-20-33(12-13-33)36-31(38)24-9-10-24/h8,11,17,22,24-28,37H,1,7,9-10,12-16,18-20,34H2,2-6H3,(H,35,39)(H,36,38)/t25-,26-,27-,28-/m0/s1. The molecule has 0 aliphatic heterocycles. The number of hydrogen-bond donors (Lipinski definition) is 4. The van der Waals surface area contributed by atoms with Crippen LogP contribution in [0.15, 0.2) is 30.4 Å². The van der Waals surface area contributed by atoms with Crippen LogP contribution in [0.3, 0.4) is 0 Å². The van der Waals surface area contributed by atoms with Crippen molar-refractivity contribution in [3.05, 3.63) is 35.9 Å². The van der Waals surface area contributed by atoms with Crippen LogP contribution >= 0.6 is 0 Å². The highest BCUT2D eigenvalue weighted by Gasteiger charge is 2.46. The molecule has 3 rings (SSSR count). The van der Waals surface area contributed by atoms with E-state index in [9.17, 15) is 14.7 Å². The number of nitrogens with one attached hydrogen (secondary N) is 2. The first-order chi connectivity index (χ1) is 20.0. The van der Waals surface area contributed by atoms with E-state index >= 15 is 0 Å². The molecule has 0 spiro atoms. The van der Waals surface area contributed by atoms with E-state index in [-0.39, 0.29) is 47.4 Å². The fourth-order valence-electron chi connectivity index (χ4n) is 5.29. The van der Waals surface area contributed by atoms with E-state index in [2.05, 4.69) is 17.2 Å². The van der Waals surface area contributed by atoms with Crippen LogP contribution < -0.4 is 25.8 Å². The summed E-state index contributed by atoms with van der Waals surface area (Å²) in [6, 6.07) is 5.39. The van der Waals surface area contributed by atoms with Gasteiger partial charge in [-0.05, 0) is 81.4 Å². The Bertz CT molecular complexity index is 1050. The number of benzene rings is 1. The average molecular weight is 588 g/mol. The lowest BCUT2D eigenvalue weighted by atomic mass is 9.82. The van der Waals surface area contributed by atoms with Crippen molar-refractivity contribution < 1.29 is 28.9 Å². The van der Waals surface area contributed by atoms with Gasteiger partial charge < -0.3 is 35.7 Å². The van der Waals surface area contributed by atoms with Crippen LogP contribution in [-0.2, 0) is 20.7 Å². The molecule has 0 saturated heterocycles. The summed E-state index contributed by atoms with van der Waals surface area (Å²) in [5.74, 6) is 1.19. The minimum absolute atomic E-state index is 0.0293. The fourth-order valence-corrected chi connectivity index (χ4v) is 5.29. The monoisotopic (exact) mass is 587 g/mol. The van der Waals surface area contributed by atoms with Gasteiger partial charge in [0.05, 0.1) is 25.4 Å². The van der Waals surface area contributed by atoms with Gasteiger partial charge >= 0.3 is 0 Å². The zero-order valence-electron chi connectivity index (χ0n) is 26.2. The average Bonchev–Trinajstić information content (AvgIpc) is 3.88. The first-order valence-electron chi connectivity index (χ1n) is 15.5. The summed E-state index contributed by atoms with van der Waals surface area (Å²) in [6.45, 7) is 11.7. The highest BCUT2D eigenvalue weighted by atomic mass is 16.5. The van der Waals surface area contributed by atoms with E-state index in [4.69, 9.17) is 19.9 Å². The second-order valence-electron chi connectivity index (χ2n) is 12.7. The predicted octanol–water partition coefficient (Wildman–Crippen LogP) is 3.76. The van der Waals surface area contributed by atoms with Crippen LogP contribution in [0.4, 0.5) is 0 Å². The van der Waals surface area contributed by atoms with Gasteiger partial charge in [0.1, 0.15) is 0 Å². The summed E-state index contributed by atoms with van der Waals surface area (Å²) >= 11 is 0. The first-order valence-corrected chi connectivity index (χ1v) is 15.5. The maximum Gasteiger partial charge on any atom is 0.223 e. The molecule has 0 aromatic heterocycles. The maximum absolute atomic E-state index is 13.2. The zero-order chi connectivity index (χ0) is 30.9. The summed E-state index contributed by atoms with van der Waals surface area (Å²) in [7, 11) is 3.29. The number of aliphatic hydroxyl groups excluding tert-OH is 1. The molecule has 2 aliphatic rings. The lowest BCUT2D eigenvalue weighted by molar-refractivity contribution is -0.128. The number of rotatable bonds is 20. The lowest BCUT2D eigenvalue weighted by Crippen LogP contribution is -2.48. The van der Waals surface area contributed by atoms with E-state index in [1.165, 1.54) is 0 Å². The van der Waals surface area contributed by atoms with Crippen molar-refractivity contribution in [2.75, 3.05) is 34.0 Å². The van der Waals surface area contributed by atoms with Gasteiger partial charge in [-0.15, -0.1) is 0 Å². The molecule has 9 nitrogen and oxygen atoms in total. The number of hydrogen-bond acceptors (Lipinski definition) is 7. The van der Waals surface area contributed by atoms with Crippen LogP contribution in [-0.4, -0.2) is 68.6 Å². The number of amides is 2. The van der Waals surface area contributed by atoms with E-state index in [0.29, 0.717) is 44.1 Å². The van der Waals surface area contributed by atoms with E-state index < -0.39 is 12.1 Å². The molecular weight excluding hydrogens is 534 g/mol. The Morgan fingerprint density at radius 1 is 1.14 bits per heavy atom. The molecule has 236 valence electrons. The van der Waals surface area contributed by atoms with Crippen molar-refractivity contribution in [1.29, 1.82) is 0 Å². The van der Waals surface area contributed by atoms with Gasteiger partial charge in [-0.2, -0.15) is 0 Å². The summed E-state index contributed by atoms with van der Waals surface area (Å²) < 4.78 is 16.5. The van der Waals surface area contributed by atoms with Crippen molar-refractivity contribution in [2.45, 2.75) is 89.8 Å². The number of nitrogens with two attached hydrogens (primary N) is 1. The number of carbonyl (C=O) groups is 2. The van der Waals surface area contributed by atoms with Gasteiger partial charge in [0.2, 0.25) is 11.8 Å². The van der Waals surface area contributed by atoms with Crippen LogP contribution in [0.1, 0.15) is 71.3 Å². The molecule has 5 N–H and O–H groups in total. The molecule has 0 unspecified atom stereocenters. The Balaban J connectivity index is 1.55. The highest BCUT2D eigenvalue weighted by Crippen LogP contribution is 2.38. The van der Waals surface area contributed by atoms with Crippen molar-refractivity contribution in [1.82, 2.24) is 10.6 Å². The molecule has 2 fully saturated rings. The van der Waals surface area contributed by atoms with Gasteiger partial charge in [0, 0.05) is 44.6 Å². The van der Waals surface area contributed by atoms with Crippen LogP contribution in [0.2, 0.25) is 0 Å². The van der Waals surface area contributed by atoms with Crippen molar-refractivity contribution in [3.63, 3.8) is 0 Å². The number of ether oxygens (including phenoxy) is 3. The number of allylic oxidation sites excluding steroid dienone is 1. The van der Waals surface area contributed by atoms with Gasteiger partial charge in [-0.3, -0.25) is 9.59 Å². The fraction of sp³-hybridized carbons (Fsp3) is 0.697.